The van der Waals surface area contributed by atoms with Gasteiger partial charge in [0.05, 0.1) is 13.0 Å². The molecule has 0 radical (unpaired) electrons. The minimum absolute atomic E-state index is 0.0859. The number of amides is 1. The van der Waals surface area contributed by atoms with Crippen LogP contribution in [0.25, 0.3) is 0 Å². The first-order chi connectivity index (χ1) is 9.83. The summed E-state index contributed by atoms with van der Waals surface area (Å²) in [5.74, 6) is -0.274. The van der Waals surface area contributed by atoms with E-state index < -0.39 is 12.8 Å². The highest BCUT2D eigenvalue weighted by atomic mass is 19.4. The molecule has 0 fully saturated rings. The van der Waals surface area contributed by atoms with Crippen LogP contribution < -0.4 is 5.73 Å². The molecule has 0 bridgehead atoms. The molecule has 118 valence electrons. The summed E-state index contributed by atoms with van der Waals surface area (Å²) in [5.41, 5.74) is 7.47. The molecule has 0 atom stereocenters. The first-order valence-electron chi connectivity index (χ1n) is 6.49. The van der Waals surface area contributed by atoms with Crippen molar-refractivity contribution in [2.24, 2.45) is 5.73 Å². The van der Waals surface area contributed by atoms with Crippen molar-refractivity contribution in [1.82, 2.24) is 4.90 Å². The summed E-state index contributed by atoms with van der Waals surface area (Å²) >= 11 is 0. The van der Waals surface area contributed by atoms with E-state index in [2.05, 4.69) is 4.74 Å². The average Bonchev–Trinajstić information content (AvgIpc) is 2.42. The Kier molecular flexibility index (Phi) is 6.64. The molecule has 7 heteroatoms. The lowest BCUT2D eigenvalue weighted by molar-refractivity contribution is -0.175. The van der Waals surface area contributed by atoms with Crippen LogP contribution in [-0.2, 0) is 22.6 Å². The normalized spacial score (nSPS) is 11.5. The first-order valence-corrected chi connectivity index (χ1v) is 6.49. The van der Waals surface area contributed by atoms with E-state index in [0.717, 1.165) is 11.1 Å². The highest BCUT2D eigenvalue weighted by molar-refractivity contribution is 5.76. The number of hydrogen-bond donors (Lipinski definition) is 1. The summed E-state index contributed by atoms with van der Waals surface area (Å²) in [7, 11) is 1.60. The van der Waals surface area contributed by atoms with E-state index in [1.54, 1.807) is 7.05 Å². The summed E-state index contributed by atoms with van der Waals surface area (Å²) < 4.78 is 40.1. The zero-order valence-corrected chi connectivity index (χ0v) is 11.8. The Labute approximate surface area is 121 Å². The first kappa shape index (κ1) is 17.5. The molecule has 0 unspecified atom stereocenters. The Balaban J connectivity index is 2.41. The molecule has 0 saturated heterocycles. The number of rotatable bonds is 7. The van der Waals surface area contributed by atoms with Crippen LogP contribution in [0.1, 0.15) is 17.5 Å². The molecule has 4 nitrogen and oxygen atoms in total. The van der Waals surface area contributed by atoms with E-state index in [-0.39, 0.29) is 18.9 Å². The maximum Gasteiger partial charge on any atom is 0.411 e. The number of nitrogens with zero attached hydrogens (tertiary/aromatic N) is 1. The molecular weight excluding hydrogens is 285 g/mol. The minimum atomic E-state index is -4.37. The summed E-state index contributed by atoms with van der Waals surface area (Å²) in [5, 5.41) is 0. The Bertz CT molecular complexity index is 464. The Morgan fingerprint density at radius 3 is 2.48 bits per heavy atom. The smallest absolute Gasteiger partial charge is 0.372 e. The zero-order chi connectivity index (χ0) is 15.9. The molecule has 0 saturated carbocycles. The highest BCUT2D eigenvalue weighted by Gasteiger charge is 2.27. The lowest BCUT2D eigenvalue weighted by Gasteiger charge is -2.19. The van der Waals surface area contributed by atoms with E-state index >= 15 is 0 Å². The maximum atomic E-state index is 11.9. The number of carbonyl (C=O) groups is 1. The second kappa shape index (κ2) is 7.99. The van der Waals surface area contributed by atoms with Gasteiger partial charge in [0.2, 0.25) is 5.91 Å². The molecule has 0 spiro atoms. The quantitative estimate of drug-likeness (QED) is 0.785. The zero-order valence-electron chi connectivity index (χ0n) is 11.8. The number of alkyl halides is 3. The number of benzene rings is 1. The van der Waals surface area contributed by atoms with Crippen LogP contribution in [0.3, 0.4) is 0 Å². The van der Waals surface area contributed by atoms with Gasteiger partial charge in [0.15, 0.2) is 0 Å². The van der Waals surface area contributed by atoms with Crippen LogP contribution >= 0.6 is 0 Å². The van der Waals surface area contributed by atoms with E-state index in [9.17, 15) is 18.0 Å². The number of ether oxygens (including phenoxy) is 1. The van der Waals surface area contributed by atoms with E-state index in [1.807, 2.05) is 24.3 Å². The van der Waals surface area contributed by atoms with Crippen LogP contribution in [0, 0.1) is 0 Å². The van der Waals surface area contributed by atoms with Crippen LogP contribution in [-0.4, -0.2) is 37.2 Å². The number of nitrogens with two attached hydrogens (primary N) is 1. The monoisotopic (exact) mass is 304 g/mol. The lowest BCUT2D eigenvalue weighted by atomic mass is 10.1. The molecule has 1 aromatic rings. The fraction of sp³-hybridized carbons (Fsp3) is 0.500. The van der Waals surface area contributed by atoms with Gasteiger partial charge in [0.1, 0.15) is 6.61 Å². The summed E-state index contributed by atoms with van der Waals surface area (Å²) in [4.78, 5) is 13.3. The fourth-order valence-electron chi connectivity index (χ4n) is 1.79. The average molecular weight is 304 g/mol. The van der Waals surface area contributed by atoms with Gasteiger partial charge in [-0.2, -0.15) is 13.2 Å². The van der Waals surface area contributed by atoms with E-state index in [0.29, 0.717) is 13.1 Å². The fourth-order valence-corrected chi connectivity index (χ4v) is 1.79. The SMILES string of the molecule is CN(Cc1ccccc1CN)C(=O)CCOCC(F)(F)F. The van der Waals surface area contributed by atoms with Crippen molar-refractivity contribution >= 4 is 5.91 Å². The maximum absolute atomic E-state index is 11.9. The minimum Gasteiger partial charge on any atom is -0.372 e. The van der Waals surface area contributed by atoms with Crippen molar-refractivity contribution in [2.75, 3.05) is 20.3 Å². The predicted octanol–water partition coefficient (Wildman–Crippen LogP) is 2.07. The highest BCUT2D eigenvalue weighted by Crippen LogP contribution is 2.15. The molecular formula is C14H19F3N2O2. The van der Waals surface area contributed by atoms with Gasteiger partial charge in [-0.3, -0.25) is 4.79 Å². The molecule has 0 aliphatic carbocycles. The van der Waals surface area contributed by atoms with Gasteiger partial charge in [-0.25, -0.2) is 0 Å². The van der Waals surface area contributed by atoms with Gasteiger partial charge in [0.25, 0.3) is 0 Å². The molecule has 0 heterocycles. The van der Waals surface area contributed by atoms with E-state index in [4.69, 9.17) is 5.73 Å². The Hall–Kier alpha value is -1.60. The van der Waals surface area contributed by atoms with Crippen molar-refractivity contribution in [2.45, 2.75) is 25.7 Å². The summed E-state index contributed by atoms with van der Waals surface area (Å²) in [6, 6.07) is 7.45. The van der Waals surface area contributed by atoms with Gasteiger partial charge >= 0.3 is 6.18 Å². The van der Waals surface area contributed by atoms with Crippen LogP contribution in [0.4, 0.5) is 13.2 Å². The summed E-state index contributed by atoms with van der Waals surface area (Å²) in [6.07, 6.45) is -4.45. The van der Waals surface area contributed by atoms with E-state index in [1.165, 1.54) is 4.90 Å². The van der Waals surface area contributed by atoms with Crippen molar-refractivity contribution in [3.05, 3.63) is 35.4 Å². The van der Waals surface area contributed by atoms with Crippen molar-refractivity contribution in [1.29, 1.82) is 0 Å². The van der Waals surface area contributed by atoms with Gasteiger partial charge in [-0.1, -0.05) is 24.3 Å². The van der Waals surface area contributed by atoms with Crippen LogP contribution in [0.15, 0.2) is 24.3 Å². The molecule has 21 heavy (non-hydrogen) atoms. The molecule has 1 aromatic carbocycles. The van der Waals surface area contributed by atoms with Gasteiger partial charge in [-0.15, -0.1) is 0 Å². The van der Waals surface area contributed by atoms with Gasteiger partial charge in [0, 0.05) is 20.1 Å². The van der Waals surface area contributed by atoms with Crippen LogP contribution in [0.2, 0.25) is 0 Å². The molecule has 1 rings (SSSR count). The number of carbonyl (C=O) groups excluding carboxylic acids is 1. The third kappa shape index (κ3) is 6.59. The summed E-state index contributed by atoms with van der Waals surface area (Å²) in [6.45, 7) is -0.848. The largest absolute Gasteiger partial charge is 0.411 e. The third-order valence-corrected chi connectivity index (χ3v) is 2.90. The second-order valence-electron chi connectivity index (χ2n) is 4.64. The third-order valence-electron chi connectivity index (χ3n) is 2.90. The van der Waals surface area contributed by atoms with Gasteiger partial charge in [-0.05, 0) is 11.1 Å². The molecule has 2 N–H and O–H groups in total. The number of halogens is 3. The molecule has 0 aliphatic rings. The molecule has 0 aromatic heterocycles. The van der Waals surface area contributed by atoms with Crippen molar-refractivity contribution < 1.29 is 22.7 Å². The Morgan fingerprint density at radius 2 is 1.90 bits per heavy atom. The lowest BCUT2D eigenvalue weighted by Crippen LogP contribution is -2.28. The van der Waals surface area contributed by atoms with Crippen molar-refractivity contribution in [3.63, 3.8) is 0 Å². The number of hydrogen-bond acceptors (Lipinski definition) is 3. The predicted molar refractivity (Wildman–Crippen MR) is 72.3 cm³/mol. The Morgan fingerprint density at radius 1 is 1.29 bits per heavy atom. The van der Waals surface area contributed by atoms with Crippen LogP contribution in [0.5, 0.6) is 0 Å². The second-order valence-corrected chi connectivity index (χ2v) is 4.64. The van der Waals surface area contributed by atoms with Gasteiger partial charge < -0.3 is 15.4 Å². The molecule has 0 aliphatic heterocycles. The van der Waals surface area contributed by atoms with Crippen molar-refractivity contribution in [3.8, 4) is 0 Å². The molecule has 1 amide bonds. The standard InChI is InChI=1S/C14H19F3N2O2/c1-19(9-12-5-3-2-4-11(12)8-18)13(20)6-7-21-10-14(15,16)17/h2-5H,6-10,18H2,1H3. The topological polar surface area (TPSA) is 55.6 Å².